The SMILES string of the molecule is CCc1ccc(/C(O)=C2/C(=O)C(=O)N(Cc3cccs3)C2c2ccccc2OC)cc1. The lowest BCUT2D eigenvalue weighted by Crippen LogP contribution is -2.29. The van der Waals surface area contributed by atoms with Gasteiger partial charge in [-0.1, -0.05) is 55.5 Å². The van der Waals surface area contributed by atoms with Gasteiger partial charge in [0.2, 0.25) is 0 Å². The summed E-state index contributed by atoms with van der Waals surface area (Å²) in [5.74, 6) is -0.941. The first-order valence-electron chi connectivity index (χ1n) is 10.1. The lowest BCUT2D eigenvalue weighted by atomic mass is 9.94. The molecule has 0 spiro atoms. The summed E-state index contributed by atoms with van der Waals surface area (Å²) < 4.78 is 5.52. The van der Waals surface area contributed by atoms with Gasteiger partial charge >= 0.3 is 0 Å². The van der Waals surface area contributed by atoms with Crippen LogP contribution < -0.4 is 4.74 Å². The Bertz CT molecular complexity index is 1130. The van der Waals surface area contributed by atoms with E-state index < -0.39 is 17.7 Å². The number of Topliss-reactive ketones (excluding diaryl/α,β-unsaturated/α-hetero) is 1. The van der Waals surface area contributed by atoms with Crippen LogP contribution in [0.25, 0.3) is 5.76 Å². The zero-order valence-corrected chi connectivity index (χ0v) is 18.2. The van der Waals surface area contributed by atoms with E-state index in [4.69, 9.17) is 4.74 Å². The number of carbonyl (C=O) groups is 2. The van der Waals surface area contributed by atoms with E-state index in [9.17, 15) is 14.7 Å². The second-order valence-corrected chi connectivity index (χ2v) is 8.33. The Morgan fingerprint density at radius 3 is 2.45 bits per heavy atom. The van der Waals surface area contributed by atoms with E-state index in [1.54, 1.807) is 25.3 Å². The Hall–Kier alpha value is -3.38. The summed E-state index contributed by atoms with van der Waals surface area (Å²) in [4.78, 5) is 28.6. The maximum Gasteiger partial charge on any atom is 0.295 e. The topological polar surface area (TPSA) is 66.8 Å². The van der Waals surface area contributed by atoms with Crippen LogP contribution in [0.15, 0.2) is 71.6 Å². The van der Waals surface area contributed by atoms with Crippen molar-refractivity contribution in [2.75, 3.05) is 7.11 Å². The number of aliphatic hydroxyl groups excluding tert-OH is 1. The summed E-state index contributed by atoms with van der Waals surface area (Å²) in [7, 11) is 1.55. The molecule has 3 aromatic rings. The van der Waals surface area contributed by atoms with E-state index in [1.807, 2.05) is 54.8 Å². The van der Waals surface area contributed by atoms with Crippen LogP contribution in [0.5, 0.6) is 5.75 Å². The number of likely N-dealkylation sites (tertiary alicyclic amines) is 1. The number of ether oxygens (including phenoxy) is 1. The van der Waals surface area contributed by atoms with E-state index in [0.29, 0.717) is 16.9 Å². The summed E-state index contributed by atoms with van der Waals surface area (Å²) in [5, 5.41) is 13.1. The van der Waals surface area contributed by atoms with Gasteiger partial charge in [0.05, 0.1) is 25.3 Å². The molecular weight excluding hydrogens is 410 g/mol. The number of ketones is 1. The number of aliphatic hydroxyl groups is 1. The fraction of sp³-hybridized carbons (Fsp3) is 0.200. The summed E-state index contributed by atoms with van der Waals surface area (Å²) >= 11 is 1.52. The van der Waals surface area contributed by atoms with Crippen LogP contribution >= 0.6 is 11.3 Å². The lowest BCUT2D eigenvalue weighted by molar-refractivity contribution is -0.140. The molecular formula is C25H23NO4S. The molecule has 1 amide bonds. The smallest absolute Gasteiger partial charge is 0.295 e. The summed E-state index contributed by atoms with van der Waals surface area (Å²) in [6.07, 6.45) is 0.869. The van der Waals surface area contributed by atoms with Crippen molar-refractivity contribution in [2.24, 2.45) is 0 Å². The Labute approximate surface area is 185 Å². The number of carbonyl (C=O) groups excluding carboxylic acids is 2. The molecule has 6 heteroatoms. The van der Waals surface area contributed by atoms with Gasteiger partial charge in [-0.05, 0) is 29.5 Å². The summed E-state index contributed by atoms with van der Waals surface area (Å²) in [6.45, 7) is 2.32. The van der Waals surface area contributed by atoms with Crippen molar-refractivity contribution in [1.82, 2.24) is 4.90 Å². The van der Waals surface area contributed by atoms with Gasteiger partial charge in [-0.25, -0.2) is 0 Å². The molecule has 0 saturated carbocycles. The average molecular weight is 434 g/mol. The molecule has 1 unspecified atom stereocenters. The van der Waals surface area contributed by atoms with Crippen molar-refractivity contribution < 1.29 is 19.4 Å². The van der Waals surface area contributed by atoms with Crippen molar-refractivity contribution in [2.45, 2.75) is 25.9 Å². The van der Waals surface area contributed by atoms with Crippen molar-refractivity contribution in [3.63, 3.8) is 0 Å². The molecule has 1 aromatic heterocycles. The Morgan fingerprint density at radius 1 is 1.06 bits per heavy atom. The number of aryl methyl sites for hydroxylation is 1. The molecule has 1 fully saturated rings. The maximum atomic E-state index is 13.1. The maximum absolute atomic E-state index is 13.1. The normalized spacial score (nSPS) is 17.9. The molecule has 2 heterocycles. The minimum absolute atomic E-state index is 0.0790. The van der Waals surface area contributed by atoms with Gasteiger partial charge in [-0.15, -0.1) is 11.3 Å². The highest BCUT2D eigenvalue weighted by atomic mass is 32.1. The number of benzene rings is 2. The van der Waals surface area contributed by atoms with Crippen LogP contribution in [-0.2, 0) is 22.6 Å². The Morgan fingerprint density at radius 2 is 1.81 bits per heavy atom. The number of hydrogen-bond donors (Lipinski definition) is 1. The molecule has 158 valence electrons. The third kappa shape index (κ3) is 3.86. The molecule has 0 radical (unpaired) electrons. The second-order valence-electron chi connectivity index (χ2n) is 7.30. The molecule has 1 N–H and O–H groups in total. The van der Waals surface area contributed by atoms with Crippen LogP contribution in [0.2, 0.25) is 0 Å². The van der Waals surface area contributed by atoms with Crippen molar-refractivity contribution in [1.29, 1.82) is 0 Å². The number of amides is 1. The van der Waals surface area contributed by atoms with Gasteiger partial charge < -0.3 is 14.7 Å². The summed E-state index contributed by atoms with van der Waals surface area (Å²) in [5.41, 5.74) is 2.37. The van der Waals surface area contributed by atoms with Crippen molar-refractivity contribution in [3.05, 3.63) is 93.2 Å². The van der Waals surface area contributed by atoms with Crippen LogP contribution in [0.3, 0.4) is 0 Å². The molecule has 1 aliphatic heterocycles. The summed E-state index contributed by atoms with van der Waals surface area (Å²) in [6, 6.07) is 17.7. The Kier molecular flexibility index (Phi) is 5.91. The van der Waals surface area contributed by atoms with Gasteiger partial charge in [-0.3, -0.25) is 9.59 Å². The fourth-order valence-corrected chi connectivity index (χ4v) is 4.59. The number of hydrogen-bond acceptors (Lipinski definition) is 5. The van der Waals surface area contributed by atoms with E-state index in [2.05, 4.69) is 0 Å². The van der Waals surface area contributed by atoms with Crippen LogP contribution in [0.4, 0.5) is 0 Å². The van der Waals surface area contributed by atoms with Gasteiger partial charge in [0, 0.05) is 16.0 Å². The standard InChI is InChI=1S/C25H23NO4S/c1-3-16-10-12-17(13-11-16)23(27)21-22(19-8-4-5-9-20(19)30-2)26(25(29)24(21)28)15-18-7-6-14-31-18/h4-14,22,27H,3,15H2,1-2H3/b23-21-. The third-order valence-corrected chi connectivity index (χ3v) is 6.38. The molecule has 0 bridgehead atoms. The van der Waals surface area contributed by atoms with Crippen molar-refractivity contribution in [3.8, 4) is 5.75 Å². The molecule has 1 saturated heterocycles. The van der Waals surface area contributed by atoms with Crippen molar-refractivity contribution >= 4 is 28.8 Å². The van der Waals surface area contributed by atoms with E-state index in [0.717, 1.165) is 16.9 Å². The second kappa shape index (κ2) is 8.78. The van der Waals surface area contributed by atoms with Gasteiger partial charge in [0.15, 0.2) is 0 Å². The first-order chi connectivity index (χ1) is 15.0. The largest absolute Gasteiger partial charge is 0.507 e. The minimum atomic E-state index is -0.746. The third-order valence-electron chi connectivity index (χ3n) is 5.52. The molecule has 0 aliphatic carbocycles. The highest BCUT2D eigenvalue weighted by Gasteiger charge is 2.47. The first kappa shape index (κ1) is 20.9. The van der Waals surface area contributed by atoms with Gasteiger partial charge in [0.1, 0.15) is 11.5 Å². The quantitative estimate of drug-likeness (QED) is 0.340. The Balaban J connectivity index is 1.88. The van der Waals surface area contributed by atoms with E-state index in [1.165, 1.54) is 16.2 Å². The van der Waals surface area contributed by atoms with Crippen LogP contribution in [0, 0.1) is 0 Å². The molecule has 1 aliphatic rings. The minimum Gasteiger partial charge on any atom is -0.507 e. The van der Waals surface area contributed by atoms with Crippen LogP contribution in [-0.4, -0.2) is 28.8 Å². The fourth-order valence-electron chi connectivity index (χ4n) is 3.88. The van der Waals surface area contributed by atoms with E-state index in [-0.39, 0.29) is 17.9 Å². The zero-order chi connectivity index (χ0) is 22.0. The number of thiophene rings is 1. The van der Waals surface area contributed by atoms with Gasteiger partial charge in [-0.2, -0.15) is 0 Å². The number of para-hydroxylation sites is 1. The highest BCUT2D eigenvalue weighted by Crippen LogP contribution is 2.43. The van der Waals surface area contributed by atoms with Gasteiger partial charge in [0.25, 0.3) is 11.7 Å². The molecule has 5 nitrogen and oxygen atoms in total. The zero-order valence-electron chi connectivity index (χ0n) is 17.4. The first-order valence-corrected chi connectivity index (χ1v) is 11.0. The number of nitrogens with zero attached hydrogens (tertiary/aromatic N) is 1. The highest BCUT2D eigenvalue weighted by molar-refractivity contribution is 7.09. The van der Waals surface area contributed by atoms with E-state index >= 15 is 0 Å². The average Bonchev–Trinajstić information content (AvgIpc) is 3.41. The van der Waals surface area contributed by atoms with Crippen LogP contribution in [0.1, 0.15) is 34.5 Å². The molecule has 31 heavy (non-hydrogen) atoms. The molecule has 1 atom stereocenters. The molecule has 4 rings (SSSR count). The monoisotopic (exact) mass is 433 g/mol. The number of rotatable bonds is 6. The predicted octanol–water partition coefficient (Wildman–Crippen LogP) is 4.94. The number of methoxy groups -OCH3 is 1. The lowest BCUT2D eigenvalue weighted by Gasteiger charge is -2.26. The molecule has 2 aromatic carbocycles. The predicted molar refractivity (Wildman–Crippen MR) is 121 cm³/mol.